The molecule has 0 saturated carbocycles. The molecule has 4 aromatic rings. The van der Waals surface area contributed by atoms with Crippen molar-refractivity contribution in [2.75, 3.05) is 30.8 Å². The van der Waals surface area contributed by atoms with Crippen molar-refractivity contribution in [2.45, 2.75) is 24.8 Å². The SMILES string of the molecule is C=C(F)C(=O)N1CCN(c2nc(=O)n(-c3c(S(C)(=O)=O)ccnc3C)c3nc(-c4c(O)cccc4F)c(F)cc23)[C@@H](C)C1. The molecule has 1 aliphatic rings. The molecule has 0 unspecified atom stereocenters. The molecular weight excluding hydrogens is 589 g/mol. The zero-order valence-corrected chi connectivity index (χ0v) is 24.0. The first kappa shape index (κ1) is 29.7. The van der Waals surface area contributed by atoms with Gasteiger partial charge in [0.15, 0.2) is 27.1 Å². The van der Waals surface area contributed by atoms with E-state index in [1.165, 1.54) is 30.2 Å². The van der Waals surface area contributed by atoms with E-state index in [0.29, 0.717) is 0 Å². The van der Waals surface area contributed by atoms with Crippen LogP contribution in [0.1, 0.15) is 12.6 Å². The van der Waals surface area contributed by atoms with E-state index < -0.39 is 61.9 Å². The molecule has 11 nitrogen and oxygen atoms in total. The van der Waals surface area contributed by atoms with Gasteiger partial charge in [-0.25, -0.2) is 35.9 Å². The van der Waals surface area contributed by atoms with Gasteiger partial charge >= 0.3 is 5.69 Å². The molecule has 1 aromatic carbocycles. The number of anilines is 1. The number of carbonyl (C=O) groups excluding carboxylic acids is 1. The van der Waals surface area contributed by atoms with Crippen molar-refractivity contribution in [1.29, 1.82) is 0 Å². The van der Waals surface area contributed by atoms with E-state index in [0.717, 1.165) is 29.0 Å². The molecule has 3 aromatic heterocycles. The van der Waals surface area contributed by atoms with Gasteiger partial charge < -0.3 is 14.9 Å². The summed E-state index contributed by atoms with van der Waals surface area (Å²) in [7, 11) is -3.95. The fraction of sp³-hybridized carbons (Fsp3) is 0.250. The van der Waals surface area contributed by atoms with Crippen molar-refractivity contribution in [3.05, 3.63) is 76.7 Å². The number of pyridine rings is 2. The highest BCUT2D eigenvalue weighted by atomic mass is 32.2. The molecule has 0 bridgehead atoms. The fourth-order valence-electron chi connectivity index (χ4n) is 5.18. The maximum absolute atomic E-state index is 15.8. The van der Waals surface area contributed by atoms with E-state index in [1.807, 2.05) is 0 Å². The van der Waals surface area contributed by atoms with Gasteiger partial charge in [-0.3, -0.25) is 9.78 Å². The standard InChI is InChI=1S/C28H25F3N6O5S/c1-14-13-35(27(39)15(2)29)10-11-36(14)25-17-12-19(31)23(22-18(30)6-5-7-20(22)38)33-26(17)37(28(40)34-25)24-16(3)32-9-8-21(24)43(4,41)42/h5-9,12,14,38H,2,10-11,13H2,1,3-4H3/t14-/m0/s1. The molecule has 1 saturated heterocycles. The highest BCUT2D eigenvalue weighted by molar-refractivity contribution is 7.90. The first-order chi connectivity index (χ1) is 20.2. The van der Waals surface area contributed by atoms with Gasteiger partial charge in [-0.2, -0.15) is 4.98 Å². The zero-order valence-electron chi connectivity index (χ0n) is 23.2. The summed E-state index contributed by atoms with van der Waals surface area (Å²) in [5, 5.41) is 10.3. The largest absolute Gasteiger partial charge is 0.507 e. The summed E-state index contributed by atoms with van der Waals surface area (Å²) in [6, 6.07) is 4.94. The normalized spacial score (nSPS) is 15.6. The molecule has 1 aliphatic heterocycles. The molecule has 0 aliphatic carbocycles. The minimum atomic E-state index is -3.95. The number of sulfone groups is 1. The van der Waals surface area contributed by atoms with Crippen LogP contribution in [0.3, 0.4) is 0 Å². The molecule has 1 amide bonds. The van der Waals surface area contributed by atoms with Crippen LogP contribution >= 0.6 is 0 Å². The smallest absolute Gasteiger partial charge is 0.355 e. The second-order valence-electron chi connectivity index (χ2n) is 10.1. The molecule has 15 heteroatoms. The van der Waals surface area contributed by atoms with Crippen LogP contribution in [0.25, 0.3) is 28.0 Å². The van der Waals surface area contributed by atoms with Gasteiger partial charge in [-0.1, -0.05) is 12.6 Å². The third-order valence-corrected chi connectivity index (χ3v) is 8.27. The minimum Gasteiger partial charge on any atom is -0.507 e. The van der Waals surface area contributed by atoms with E-state index in [2.05, 4.69) is 21.5 Å². The number of nitrogens with zero attached hydrogens (tertiary/aromatic N) is 6. The molecular formula is C28H25F3N6O5S. The van der Waals surface area contributed by atoms with Gasteiger partial charge in [0.1, 0.15) is 23.1 Å². The van der Waals surface area contributed by atoms with E-state index in [4.69, 9.17) is 0 Å². The fourth-order valence-corrected chi connectivity index (χ4v) is 6.08. The number of fused-ring (bicyclic) bond motifs is 1. The Kier molecular flexibility index (Phi) is 7.46. The van der Waals surface area contributed by atoms with Gasteiger partial charge in [-0.05, 0) is 38.1 Å². The monoisotopic (exact) mass is 614 g/mol. The lowest BCUT2D eigenvalue weighted by Crippen LogP contribution is -2.54. The molecule has 1 atom stereocenters. The minimum absolute atomic E-state index is 0.0189. The third-order valence-electron chi connectivity index (χ3n) is 7.14. The molecule has 5 rings (SSSR count). The van der Waals surface area contributed by atoms with Crippen molar-refractivity contribution in [1.82, 2.24) is 24.4 Å². The Balaban J connectivity index is 1.84. The predicted octanol–water partition coefficient (Wildman–Crippen LogP) is 3.06. The Morgan fingerprint density at radius 3 is 2.49 bits per heavy atom. The van der Waals surface area contributed by atoms with Crippen molar-refractivity contribution in [3.63, 3.8) is 0 Å². The van der Waals surface area contributed by atoms with Crippen LogP contribution in [0.15, 0.2) is 58.6 Å². The maximum Gasteiger partial charge on any atom is 0.355 e. The summed E-state index contributed by atoms with van der Waals surface area (Å²) in [4.78, 5) is 41.1. The second kappa shape index (κ2) is 10.8. The number of amides is 1. The molecule has 1 fully saturated rings. The topological polar surface area (TPSA) is 139 Å². The molecule has 0 spiro atoms. The van der Waals surface area contributed by atoms with Crippen LogP contribution in [-0.2, 0) is 14.6 Å². The number of piperazine rings is 1. The average molecular weight is 615 g/mol. The Morgan fingerprint density at radius 1 is 1.14 bits per heavy atom. The first-order valence-corrected chi connectivity index (χ1v) is 14.8. The Morgan fingerprint density at radius 2 is 1.86 bits per heavy atom. The summed E-state index contributed by atoms with van der Waals surface area (Å²) >= 11 is 0. The van der Waals surface area contributed by atoms with E-state index in [-0.39, 0.29) is 52.8 Å². The Labute approximate surface area is 243 Å². The molecule has 4 heterocycles. The van der Waals surface area contributed by atoms with Crippen molar-refractivity contribution in [2.24, 2.45) is 0 Å². The van der Waals surface area contributed by atoms with Crippen LogP contribution < -0.4 is 10.6 Å². The van der Waals surface area contributed by atoms with Gasteiger partial charge in [-0.15, -0.1) is 0 Å². The number of benzene rings is 1. The van der Waals surface area contributed by atoms with Crippen LogP contribution in [0.4, 0.5) is 19.0 Å². The molecule has 1 N–H and O–H groups in total. The summed E-state index contributed by atoms with van der Waals surface area (Å²) in [5.74, 6) is -4.74. The zero-order chi connectivity index (χ0) is 31.4. The number of carbonyl (C=O) groups is 1. The van der Waals surface area contributed by atoms with Crippen molar-refractivity contribution in [3.8, 4) is 22.7 Å². The summed E-state index contributed by atoms with van der Waals surface area (Å²) in [6.45, 7) is 6.28. The highest BCUT2D eigenvalue weighted by Crippen LogP contribution is 2.36. The van der Waals surface area contributed by atoms with Crippen LogP contribution in [-0.4, -0.2) is 75.8 Å². The lowest BCUT2D eigenvalue weighted by atomic mass is 10.1. The van der Waals surface area contributed by atoms with Gasteiger partial charge in [0.05, 0.1) is 27.2 Å². The van der Waals surface area contributed by atoms with Gasteiger partial charge in [0.25, 0.3) is 5.91 Å². The first-order valence-electron chi connectivity index (χ1n) is 12.9. The number of hydrogen-bond acceptors (Lipinski definition) is 9. The second-order valence-corrected chi connectivity index (χ2v) is 12.1. The van der Waals surface area contributed by atoms with Crippen LogP contribution in [0.5, 0.6) is 5.75 Å². The number of aromatic nitrogens is 4. The maximum atomic E-state index is 15.8. The number of aryl methyl sites for hydroxylation is 1. The summed E-state index contributed by atoms with van der Waals surface area (Å²) in [5.41, 5.74) is -2.59. The van der Waals surface area contributed by atoms with Crippen LogP contribution in [0, 0.1) is 18.6 Å². The van der Waals surface area contributed by atoms with Crippen molar-refractivity contribution >= 4 is 32.6 Å². The Bertz CT molecular complexity index is 1980. The number of phenolic OH excluding ortho intramolecular Hbond substituents is 1. The van der Waals surface area contributed by atoms with Crippen LogP contribution in [0.2, 0.25) is 0 Å². The molecule has 224 valence electrons. The quantitative estimate of drug-likeness (QED) is 0.336. The van der Waals surface area contributed by atoms with Gasteiger partial charge in [0, 0.05) is 38.1 Å². The van der Waals surface area contributed by atoms with Crippen molar-refractivity contribution < 1.29 is 31.5 Å². The average Bonchev–Trinajstić information content (AvgIpc) is 2.92. The molecule has 43 heavy (non-hydrogen) atoms. The number of rotatable bonds is 5. The van der Waals surface area contributed by atoms with E-state index >= 15 is 4.39 Å². The number of aromatic hydroxyl groups is 1. The van der Waals surface area contributed by atoms with E-state index in [9.17, 15) is 31.9 Å². The molecule has 0 radical (unpaired) electrons. The number of hydrogen-bond donors (Lipinski definition) is 1. The Hall–Kier alpha value is -4.79. The number of halogens is 3. The lowest BCUT2D eigenvalue weighted by molar-refractivity contribution is -0.129. The number of phenols is 1. The van der Waals surface area contributed by atoms with E-state index in [1.54, 1.807) is 11.8 Å². The summed E-state index contributed by atoms with van der Waals surface area (Å²) in [6.07, 6.45) is 2.18. The predicted molar refractivity (Wildman–Crippen MR) is 151 cm³/mol. The summed E-state index contributed by atoms with van der Waals surface area (Å²) < 4.78 is 70.5. The third kappa shape index (κ3) is 5.20. The van der Waals surface area contributed by atoms with Gasteiger partial charge in [0.2, 0.25) is 0 Å². The highest BCUT2D eigenvalue weighted by Gasteiger charge is 2.32. The lowest BCUT2D eigenvalue weighted by Gasteiger charge is -2.40.